The third kappa shape index (κ3) is 3.65. The van der Waals surface area contributed by atoms with Crippen molar-refractivity contribution in [2.75, 3.05) is 19.0 Å². The monoisotopic (exact) mass is 383 g/mol. The number of hydrogen-bond donors (Lipinski definition) is 3. The molecule has 1 aromatic carbocycles. The molecule has 2 amide bonds. The van der Waals surface area contributed by atoms with E-state index in [-0.39, 0.29) is 11.8 Å². The zero-order valence-electron chi connectivity index (χ0n) is 16.2. The van der Waals surface area contributed by atoms with Gasteiger partial charge in [-0.25, -0.2) is 10.5 Å². The molecule has 0 aliphatic rings. The zero-order valence-corrected chi connectivity index (χ0v) is 16.2. The van der Waals surface area contributed by atoms with Crippen molar-refractivity contribution < 1.29 is 19.4 Å². The van der Waals surface area contributed by atoms with E-state index in [1.54, 1.807) is 22.8 Å². The van der Waals surface area contributed by atoms with Crippen molar-refractivity contribution in [3.63, 3.8) is 0 Å². The van der Waals surface area contributed by atoms with Gasteiger partial charge in [-0.1, -0.05) is 6.07 Å². The molecule has 0 saturated carbocycles. The van der Waals surface area contributed by atoms with E-state index in [0.29, 0.717) is 23.5 Å². The molecule has 146 valence electrons. The van der Waals surface area contributed by atoms with Gasteiger partial charge in [0.15, 0.2) is 5.52 Å². The Morgan fingerprint density at radius 2 is 2.04 bits per heavy atom. The van der Waals surface area contributed by atoms with Crippen LogP contribution in [-0.4, -0.2) is 35.1 Å². The molecule has 2 aromatic heterocycles. The Morgan fingerprint density at radius 1 is 1.25 bits per heavy atom. The lowest BCUT2D eigenvalue weighted by Crippen LogP contribution is -2.22. The van der Waals surface area contributed by atoms with E-state index in [0.717, 1.165) is 22.3 Å². The van der Waals surface area contributed by atoms with Crippen LogP contribution in [0.4, 0.5) is 11.5 Å². The molecule has 9 nitrogen and oxygen atoms in total. The molecule has 9 heteroatoms. The Kier molecular flexibility index (Phi) is 5.55. The fraction of sp³-hybridized carbons (Fsp3) is 0.263. The molecule has 3 rings (SSSR count). The van der Waals surface area contributed by atoms with Crippen molar-refractivity contribution in [2.45, 2.75) is 20.8 Å². The second-order valence-electron chi connectivity index (χ2n) is 6.27. The first-order chi connectivity index (χ1) is 13.5. The van der Waals surface area contributed by atoms with Crippen LogP contribution in [0.5, 0.6) is 0 Å². The Bertz CT molecular complexity index is 1040. The minimum atomic E-state index is -0.341. The van der Waals surface area contributed by atoms with Crippen LogP contribution in [0, 0.1) is 13.8 Å². The van der Waals surface area contributed by atoms with Crippen LogP contribution in [0.1, 0.15) is 38.8 Å². The number of aromatic amines is 1. The predicted molar refractivity (Wildman–Crippen MR) is 103 cm³/mol. The summed E-state index contributed by atoms with van der Waals surface area (Å²) in [5.74, 6) is 0.174. The molecule has 28 heavy (non-hydrogen) atoms. The summed E-state index contributed by atoms with van der Waals surface area (Å²) in [6.45, 7) is 6.22. The van der Waals surface area contributed by atoms with Gasteiger partial charge >= 0.3 is 0 Å². The predicted octanol–water partition coefficient (Wildman–Crippen LogP) is 1.55. The van der Waals surface area contributed by atoms with Gasteiger partial charge in [0, 0.05) is 12.1 Å². The highest BCUT2D eigenvalue weighted by molar-refractivity contribution is 5.99. The quantitative estimate of drug-likeness (QED) is 0.559. The third-order valence-corrected chi connectivity index (χ3v) is 4.40. The van der Waals surface area contributed by atoms with Crippen LogP contribution in [0.15, 0.2) is 30.7 Å². The number of aromatic nitrogens is 3. The molecule has 0 aliphatic carbocycles. The van der Waals surface area contributed by atoms with Crippen molar-refractivity contribution in [1.82, 2.24) is 20.4 Å². The smallest absolute Gasteiger partial charge is 0.274 e. The van der Waals surface area contributed by atoms with E-state index in [9.17, 15) is 9.59 Å². The first kappa shape index (κ1) is 19.3. The summed E-state index contributed by atoms with van der Waals surface area (Å²) < 4.78 is 1.65. The minimum absolute atomic E-state index is 0.147. The number of rotatable bonds is 6. The molecule has 0 saturated heterocycles. The fourth-order valence-corrected chi connectivity index (χ4v) is 2.96. The average molecular weight is 383 g/mol. The van der Waals surface area contributed by atoms with E-state index in [4.69, 9.17) is 0 Å². The van der Waals surface area contributed by atoms with Crippen LogP contribution in [-0.2, 0) is 4.84 Å². The molecular weight excluding hydrogens is 360 g/mol. The number of hydroxylamine groups is 1. The molecule has 0 spiro atoms. The topological polar surface area (TPSA) is 111 Å². The number of aryl methyl sites for hydroxylation is 2. The van der Waals surface area contributed by atoms with Gasteiger partial charge in [-0.3, -0.25) is 19.7 Å². The molecular formula is C19H23N6O3+. The minimum Gasteiger partial charge on any atom is -0.352 e. The number of carbonyl (C=O) groups is 2. The van der Waals surface area contributed by atoms with Gasteiger partial charge in [0.25, 0.3) is 17.6 Å². The van der Waals surface area contributed by atoms with E-state index in [2.05, 4.69) is 31.0 Å². The molecule has 2 heterocycles. The van der Waals surface area contributed by atoms with Crippen LogP contribution >= 0.6 is 0 Å². The highest BCUT2D eigenvalue weighted by Gasteiger charge is 2.21. The van der Waals surface area contributed by atoms with Gasteiger partial charge in [0.1, 0.15) is 0 Å². The number of benzene rings is 1. The van der Waals surface area contributed by atoms with Crippen molar-refractivity contribution >= 4 is 28.8 Å². The summed E-state index contributed by atoms with van der Waals surface area (Å²) >= 11 is 0. The van der Waals surface area contributed by atoms with Crippen molar-refractivity contribution in [3.05, 3.63) is 53.0 Å². The van der Waals surface area contributed by atoms with Gasteiger partial charge in [0.2, 0.25) is 6.33 Å². The van der Waals surface area contributed by atoms with Crippen molar-refractivity contribution in [3.8, 4) is 0 Å². The molecule has 0 atom stereocenters. The molecule has 0 unspecified atom stereocenters. The maximum Gasteiger partial charge on any atom is 0.274 e. The van der Waals surface area contributed by atoms with Crippen LogP contribution < -0.4 is 21.1 Å². The van der Waals surface area contributed by atoms with Gasteiger partial charge < -0.3 is 5.32 Å². The van der Waals surface area contributed by atoms with Crippen LogP contribution in [0.3, 0.4) is 0 Å². The lowest BCUT2D eigenvalue weighted by molar-refractivity contribution is -0.365. The summed E-state index contributed by atoms with van der Waals surface area (Å²) in [6.07, 6.45) is 3.23. The van der Waals surface area contributed by atoms with E-state index in [1.807, 2.05) is 26.8 Å². The number of amides is 2. The van der Waals surface area contributed by atoms with Gasteiger partial charge in [-0.05, 0) is 49.1 Å². The molecule has 0 radical (unpaired) electrons. The second-order valence-corrected chi connectivity index (χ2v) is 6.27. The van der Waals surface area contributed by atoms with E-state index in [1.165, 1.54) is 13.4 Å². The summed E-state index contributed by atoms with van der Waals surface area (Å²) in [5, 5.41) is 10.4. The summed E-state index contributed by atoms with van der Waals surface area (Å²) in [5.41, 5.74) is 6.55. The highest BCUT2D eigenvalue weighted by Crippen LogP contribution is 2.26. The first-order valence-corrected chi connectivity index (χ1v) is 8.84. The number of nitrogens with zero attached hydrogens (tertiary/aromatic N) is 2. The highest BCUT2D eigenvalue weighted by atomic mass is 16.6. The Hall–Kier alpha value is -3.46. The third-order valence-electron chi connectivity index (χ3n) is 4.40. The number of nitrogens with one attached hydrogen (secondary N) is 4. The summed E-state index contributed by atoms with van der Waals surface area (Å²) in [6, 6.07) is 5.30. The van der Waals surface area contributed by atoms with Crippen molar-refractivity contribution in [1.29, 1.82) is 0 Å². The maximum absolute atomic E-state index is 12.3. The largest absolute Gasteiger partial charge is 0.352 e. The van der Waals surface area contributed by atoms with E-state index >= 15 is 0 Å². The Balaban J connectivity index is 2.02. The van der Waals surface area contributed by atoms with Crippen molar-refractivity contribution in [2.24, 2.45) is 0 Å². The zero-order chi connectivity index (χ0) is 20.3. The van der Waals surface area contributed by atoms with Gasteiger partial charge in [-0.2, -0.15) is 4.52 Å². The number of H-pyrrole nitrogens is 1. The molecule has 0 aliphatic heterocycles. The number of fused-ring (bicyclic) bond motifs is 1. The van der Waals surface area contributed by atoms with Gasteiger partial charge in [0.05, 0.1) is 24.6 Å². The van der Waals surface area contributed by atoms with Crippen LogP contribution in [0.2, 0.25) is 0 Å². The normalized spacial score (nSPS) is 10.7. The maximum atomic E-state index is 12.3. The fourth-order valence-electron chi connectivity index (χ4n) is 2.96. The molecule has 4 N–H and O–H groups in total. The lowest BCUT2D eigenvalue weighted by Gasteiger charge is -2.08. The van der Waals surface area contributed by atoms with Gasteiger partial charge in [-0.15, -0.1) is 0 Å². The average Bonchev–Trinajstić information content (AvgIpc) is 3.02. The molecule has 3 aromatic rings. The number of carbonyl (C=O) groups excluding carboxylic acids is 2. The molecule has 0 bridgehead atoms. The summed E-state index contributed by atoms with van der Waals surface area (Å²) in [7, 11) is 1.38. The Morgan fingerprint density at radius 3 is 2.75 bits per heavy atom. The lowest BCUT2D eigenvalue weighted by atomic mass is 10.1. The standard InChI is InChI=1S/C19H22N6O3/c1-5-20-19(27)14-9-25-16(12(14)3)17(21-10-22-25)23-15-8-13(7-6-11(15)2)18(26)24-28-4/h6-10H,5H2,1-4H3,(H,20,27)(H,24,26)(H,21,22,23)/p+1. The number of anilines is 2. The Labute approximate surface area is 162 Å². The second kappa shape index (κ2) is 8.05. The van der Waals surface area contributed by atoms with E-state index < -0.39 is 0 Å². The number of hydrogen-bond acceptors (Lipinski definition) is 5. The first-order valence-electron chi connectivity index (χ1n) is 8.84. The SMILES string of the molecule is CCNC(=O)c1cn2nc[nH+]c(Nc3cc(C(=O)NOC)ccc3C)c2c1C. The van der Waals surface area contributed by atoms with Crippen LogP contribution in [0.25, 0.3) is 5.52 Å². The summed E-state index contributed by atoms with van der Waals surface area (Å²) in [4.78, 5) is 32.1. The molecule has 0 fully saturated rings.